The summed E-state index contributed by atoms with van der Waals surface area (Å²) < 4.78 is 7.95. The summed E-state index contributed by atoms with van der Waals surface area (Å²) in [6.45, 7) is 10.8. The smallest absolute Gasteiger partial charge is 0.322 e. The number of hydrogen-bond donors (Lipinski definition) is 2. The van der Waals surface area contributed by atoms with E-state index in [4.69, 9.17) is 14.7 Å². The van der Waals surface area contributed by atoms with E-state index in [0.717, 1.165) is 37.2 Å². The highest BCUT2D eigenvalue weighted by Gasteiger charge is 2.27. The molecule has 0 aliphatic carbocycles. The Kier molecular flexibility index (Phi) is 8.29. The minimum absolute atomic E-state index is 0.0465. The molecule has 2 saturated heterocycles. The van der Waals surface area contributed by atoms with Crippen molar-refractivity contribution in [3.8, 4) is 6.01 Å². The van der Waals surface area contributed by atoms with Gasteiger partial charge in [-0.05, 0) is 62.9 Å². The van der Waals surface area contributed by atoms with Crippen LogP contribution in [0.4, 0.5) is 17.3 Å². The fraction of sp³-hybridized carbons (Fsp3) is 0.483. The summed E-state index contributed by atoms with van der Waals surface area (Å²) in [7, 11) is 2.12. The van der Waals surface area contributed by atoms with Crippen LogP contribution in [0.25, 0.3) is 5.65 Å². The second-order valence-corrected chi connectivity index (χ2v) is 10.9. The van der Waals surface area contributed by atoms with E-state index in [0.29, 0.717) is 49.2 Å². The lowest BCUT2D eigenvalue weighted by atomic mass is 9.95. The number of hydrogen-bond acceptors (Lipinski definition) is 8. The van der Waals surface area contributed by atoms with E-state index in [1.54, 1.807) is 9.42 Å². The molecular weight excluding hydrogens is 508 g/mol. The molecule has 0 atom stereocenters. The third-order valence-electron chi connectivity index (χ3n) is 7.67. The first kappa shape index (κ1) is 27.6. The summed E-state index contributed by atoms with van der Waals surface area (Å²) in [5, 5.41) is 10.9. The fourth-order valence-corrected chi connectivity index (χ4v) is 5.21. The predicted molar refractivity (Wildman–Crippen MR) is 154 cm³/mol. The Bertz CT molecular complexity index is 1370. The van der Waals surface area contributed by atoms with Crippen molar-refractivity contribution in [2.24, 2.45) is 5.92 Å². The Morgan fingerprint density at radius 2 is 1.80 bits per heavy atom. The van der Waals surface area contributed by atoms with Crippen LogP contribution in [0.1, 0.15) is 51.0 Å². The third kappa shape index (κ3) is 6.25. The second kappa shape index (κ2) is 12.0. The Hall–Kier alpha value is -3.99. The van der Waals surface area contributed by atoms with Crippen molar-refractivity contribution in [2.75, 3.05) is 43.9 Å². The van der Waals surface area contributed by atoms with Crippen LogP contribution in [-0.2, 0) is 9.59 Å². The van der Waals surface area contributed by atoms with Crippen molar-refractivity contribution < 1.29 is 14.3 Å². The summed E-state index contributed by atoms with van der Waals surface area (Å²) in [4.78, 5) is 38.3. The van der Waals surface area contributed by atoms with Gasteiger partial charge in [0.05, 0.1) is 6.20 Å². The number of likely N-dealkylation sites (tertiary alicyclic amines) is 2. The van der Waals surface area contributed by atoms with Crippen molar-refractivity contribution in [2.45, 2.75) is 51.6 Å². The summed E-state index contributed by atoms with van der Waals surface area (Å²) >= 11 is 0. The highest BCUT2D eigenvalue weighted by atomic mass is 16.5. The molecule has 0 unspecified atom stereocenters. The molecule has 3 aromatic rings. The number of aromatic nitrogens is 4. The Morgan fingerprint density at radius 1 is 1.07 bits per heavy atom. The average molecular weight is 547 g/mol. The Morgan fingerprint density at radius 3 is 2.50 bits per heavy atom. The van der Waals surface area contributed by atoms with Crippen LogP contribution >= 0.6 is 0 Å². The molecule has 2 fully saturated rings. The number of carbonyl (C=O) groups excluding carboxylic acids is 2. The molecule has 2 aliphatic rings. The molecule has 0 bridgehead atoms. The predicted octanol–water partition coefficient (Wildman–Crippen LogP) is 3.83. The highest BCUT2D eigenvalue weighted by molar-refractivity contribution is 5.93. The number of nitrogens with one attached hydrogen (secondary N) is 2. The van der Waals surface area contributed by atoms with E-state index in [1.165, 1.54) is 6.08 Å². The monoisotopic (exact) mass is 546 g/mol. The SMILES string of the molecule is C=CC(=O)N1CCC(C(=O)Nc2cccc(Nc3nc(OC4CCN(C)CC4)nc4c(C(C)C)cnn34)c2)CC1. The molecule has 0 spiro atoms. The first-order chi connectivity index (χ1) is 19.3. The number of rotatable bonds is 8. The van der Waals surface area contributed by atoms with Gasteiger partial charge in [0.25, 0.3) is 0 Å². The molecular formula is C29H38N8O3. The quantitative estimate of drug-likeness (QED) is 0.410. The number of benzene rings is 1. The molecule has 2 aliphatic heterocycles. The summed E-state index contributed by atoms with van der Waals surface area (Å²) in [5.74, 6) is 0.438. The normalized spacial score (nSPS) is 17.2. The number of anilines is 3. The van der Waals surface area contributed by atoms with Gasteiger partial charge in [-0.1, -0.05) is 26.5 Å². The summed E-state index contributed by atoms with van der Waals surface area (Å²) in [6.07, 6.45) is 6.31. The van der Waals surface area contributed by atoms with Crippen LogP contribution in [0.5, 0.6) is 6.01 Å². The molecule has 2 N–H and O–H groups in total. The molecule has 0 radical (unpaired) electrons. The third-order valence-corrected chi connectivity index (χ3v) is 7.67. The first-order valence-electron chi connectivity index (χ1n) is 14.0. The topological polar surface area (TPSA) is 117 Å². The molecule has 40 heavy (non-hydrogen) atoms. The van der Waals surface area contributed by atoms with E-state index < -0.39 is 0 Å². The van der Waals surface area contributed by atoms with E-state index in [9.17, 15) is 9.59 Å². The van der Waals surface area contributed by atoms with E-state index in [1.807, 2.05) is 30.5 Å². The molecule has 2 amide bonds. The van der Waals surface area contributed by atoms with Gasteiger partial charge < -0.3 is 25.2 Å². The van der Waals surface area contributed by atoms with Gasteiger partial charge in [0.15, 0.2) is 5.65 Å². The lowest BCUT2D eigenvalue weighted by molar-refractivity contribution is -0.130. The van der Waals surface area contributed by atoms with Gasteiger partial charge in [-0.25, -0.2) is 0 Å². The van der Waals surface area contributed by atoms with Crippen LogP contribution in [0.3, 0.4) is 0 Å². The van der Waals surface area contributed by atoms with Crippen LogP contribution < -0.4 is 15.4 Å². The Labute approximate surface area is 234 Å². The number of piperidine rings is 2. The fourth-order valence-electron chi connectivity index (χ4n) is 5.21. The van der Waals surface area contributed by atoms with Crippen molar-refractivity contribution >= 4 is 34.8 Å². The second-order valence-electron chi connectivity index (χ2n) is 10.9. The van der Waals surface area contributed by atoms with Gasteiger partial charge in [0.1, 0.15) is 6.10 Å². The van der Waals surface area contributed by atoms with Gasteiger partial charge in [-0.3, -0.25) is 9.59 Å². The maximum absolute atomic E-state index is 13.0. The minimum atomic E-state index is -0.148. The van der Waals surface area contributed by atoms with E-state index in [-0.39, 0.29) is 29.8 Å². The molecule has 5 rings (SSSR count). The molecule has 11 heteroatoms. The molecule has 4 heterocycles. The maximum Gasteiger partial charge on any atom is 0.322 e. The van der Waals surface area contributed by atoms with E-state index >= 15 is 0 Å². The number of ether oxygens (including phenoxy) is 1. The maximum atomic E-state index is 13.0. The standard InChI is InChI=1S/C29H38N8O3/c1-5-25(38)36-15-9-20(10-16-36)27(39)31-21-7-6-8-22(17-21)32-28-34-29(40-23-11-13-35(4)14-12-23)33-26-24(19(2)3)18-30-37(26)28/h5-8,17-20,23H,1,9-16H2,2-4H3,(H,31,39)(H,32,33,34). The lowest BCUT2D eigenvalue weighted by Crippen LogP contribution is -2.40. The number of amides is 2. The van der Waals surface area contributed by atoms with Crippen molar-refractivity contribution in [1.29, 1.82) is 0 Å². The van der Waals surface area contributed by atoms with Crippen LogP contribution in [0.15, 0.2) is 43.1 Å². The van der Waals surface area contributed by atoms with Gasteiger partial charge in [-0.2, -0.15) is 19.6 Å². The van der Waals surface area contributed by atoms with E-state index in [2.05, 4.69) is 48.1 Å². The molecule has 11 nitrogen and oxygen atoms in total. The van der Waals surface area contributed by atoms with Crippen LogP contribution in [0, 0.1) is 5.92 Å². The van der Waals surface area contributed by atoms with Crippen LogP contribution in [0.2, 0.25) is 0 Å². The molecule has 212 valence electrons. The van der Waals surface area contributed by atoms with Gasteiger partial charge in [0, 0.05) is 49.0 Å². The molecule has 2 aromatic heterocycles. The molecule has 1 aromatic carbocycles. The van der Waals surface area contributed by atoms with Crippen molar-refractivity contribution in [1.82, 2.24) is 29.4 Å². The van der Waals surface area contributed by atoms with Gasteiger partial charge in [-0.15, -0.1) is 0 Å². The Balaban J connectivity index is 1.32. The summed E-state index contributed by atoms with van der Waals surface area (Å²) in [5.41, 5.74) is 3.15. The van der Waals surface area contributed by atoms with Crippen LogP contribution in [-0.4, -0.2) is 80.5 Å². The van der Waals surface area contributed by atoms with Gasteiger partial charge in [0.2, 0.25) is 17.8 Å². The average Bonchev–Trinajstić information content (AvgIpc) is 3.39. The van der Waals surface area contributed by atoms with Crippen molar-refractivity contribution in [3.63, 3.8) is 0 Å². The van der Waals surface area contributed by atoms with Gasteiger partial charge >= 0.3 is 6.01 Å². The van der Waals surface area contributed by atoms with Crippen molar-refractivity contribution in [3.05, 3.63) is 48.7 Å². The number of fused-ring (bicyclic) bond motifs is 1. The zero-order valence-corrected chi connectivity index (χ0v) is 23.5. The number of nitrogens with zero attached hydrogens (tertiary/aromatic N) is 6. The lowest BCUT2D eigenvalue weighted by Gasteiger charge is -2.30. The molecule has 0 saturated carbocycles. The minimum Gasteiger partial charge on any atom is -0.460 e. The largest absolute Gasteiger partial charge is 0.460 e. The zero-order valence-electron chi connectivity index (χ0n) is 23.5. The number of carbonyl (C=O) groups is 2. The zero-order chi connectivity index (χ0) is 28.2. The summed E-state index contributed by atoms with van der Waals surface area (Å²) in [6, 6.07) is 7.84. The first-order valence-corrected chi connectivity index (χ1v) is 14.0. The highest BCUT2D eigenvalue weighted by Crippen LogP contribution is 2.27.